The van der Waals surface area contributed by atoms with Gasteiger partial charge >= 0.3 is 0 Å². The highest BCUT2D eigenvalue weighted by Crippen LogP contribution is 2.51. The predicted octanol–water partition coefficient (Wildman–Crippen LogP) is 12.8. The Morgan fingerprint density at radius 1 is 0.510 bits per heavy atom. The molecule has 0 fully saturated rings. The van der Waals surface area contributed by atoms with Gasteiger partial charge in [-0.05, 0) is 52.1 Å². The lowest BCUT2D eigenvalue weighted by Crippen LogP contribution is -2.17. The van der Waals surface area contributed by atoms with Crippen LogP contribution >= 0.6 is 22.7 Å². The van der Waals surface area contributed by atoms with Gasteiger partial charge in [0.2, 0.25) is 0 Å². The van der Waals surface area contributed by atoms with Gasteiger partial charge in [0, 0.05) is 63.1 Å². The van der Waals surface area contributed by atoms with Gasteiger partial charge in [-0.15, -0.1) is 22.7 Å². The molecule has 242 valence electrons. The Hall–Kier alpha value is -5.72. The zero-order valence-corrected chi connectivity index (χ0v) is 29.2. The molecule has 11 aromatic rings. The maximum absolute atomic E-state index is 6.23. The fraction of sp³-hybridized carbons (Fsp3) is 0.0435. The van der Waals surface area contributed by atoms with Gasteiger partial charge in [0.15, 0.2) is 0 Å². The lowest BCUT2D eigenvalue weighted by atomic mass is 9.94. The highest BCUT2D eigenvalue weighted by molar-refractivity contribution is 7.27. The molecule has 0 amide bonds. The number of nitrogens with one attached hydrogen (secondary N) is 1. The van der Waals surface area contributed by atoms with E-state index in [0.717, 1.165) is 5.69 Å². The van der Waals surface area contributed by atoms with Crippen molar-refractivity contribution in [3.05, 3.63) is 163 Å². The number of rotatable bonds is 5. The summed E-state index contributed by atoms with van der Waals surface area (Å²) in [6.45, 7) is 0.346. The molecule has 0 bridgehead atoms. The van der Waals surface area contributed by atoms with Crippen LogP contribution in [0.1, 0.15) is 17.2 Å². The summed E-state index contributed by atoms with van der Waals surface area (Å²) in [7, 11) is 0. The van der Waals surface area contributed by atoms with E-state index in [1.807, 2.05) is 22.7 Å². The molecular formula is C46H31N3S2. The van der Waals surface area contributed by atoms with Crippen LogP contribution in [0, 0.1) is 0 Å². The standard InChI is InChI=1S/C46H31N3S2/c47-26-48-37-18-8-5-16-33(37)43(28-22-24-40-36(25-28)30-13-6-9-19-38(30)50-40)49-44-29-12-2-1-11-27(29)21-23-35(44)41-31-14-3-4-15-32(31)42-34-17-7-10-20-39(34)51-46(42)45(41)49/h1-25,43,48H,26,47H2. The molecule has 1 unspecified atom stereocenters. The first-order valence-electron chi connectivity index (χ1n) is 17.4. The largest absolute Gasteiger partial charge is 0.372 e. The minimum atomic E-state index is -0.163. The normalized spacial score (nSPS) is 12.8. The fourth-order valence-electron chi connectivity index (χ4n) is 8.62. The van der Waals surface area contributed by atoms with Crippen LogP contribution in [0.3, 0.4) is 0 Å². The van der Waals surface area contributed by atoms with Crippen molar-refractivity contribution < 1.29 is 0 Å². The molecule has 0 saturated heterocycles. The number of hydrogen-bond acceptors (Lipinski definition) is 4. The van der Waals surface area contributed by atoms with E-state index >= 15 is 0 Å². The summed E-state index contributed by atoms with van der Waals surface area (Å²) in [6.07, 6.45) is 0. The van der Waals surface area contributed by atoms with Crippen molar-refractivity contribution in [3.63, 3.8) is 0 Å². The van der Waals surface area contributed by atoms with E-state index < -0.39 is 0 Å². The van der Waals surface area contributed by atoms with E-state index in [4.69, 9.17) is 5.73 Å². The zero-order chi connectivity index (χ0) is 33.6. The van der Waals surface area contributed by atoms with Crippen LogP contribution in [0.2, 0.25) is 0 Å². The quantitative estimate of drug-likeness (QED) is 0.177. The molecule has 0 radical (unpaired) electrons. The number of thiophene rings is 2. The van der Waals surface area contributed by atoms with Gasteiger partial charge in [-0.2, -0.15) is 0 Å². The number of aromatic nitrogens is 1. The van der Waals surface area contributed by atoms with Crippen LogP contribution in [0.15, 0.2) is 152 Å². The third-order valence-electron chi connectivity index (χ3n) is 10.7. The first kappa shape index (κ1) is 29.1. The Bertz CT molecular complexity index is 3180. The molecule has 51 heavy (non-hydrogen) atoms. The highest BCUT2D eigenvalue weighted by Gasteiger charge is 2.29. The Labute approximate surface area is 301 Å². The van der Waals surface area contributed by atoms with Crippen LogP contribution < -0.4 is 11.1 Å². The highest BCUT2D eigenvalue weighted by atomic mass is 32.1. The van der Waals surface area contributed by atoms with Gasteiger partial charge in [0.1, 0.15) is 0 Å². The summed E-state index contributed by atoms with van der Waals surface area (Å²) in [5.74, 6) is 0. The second-order valence-corrected chi connectivity index (χ2v) is 15.5. The summed E-state index contributed by atoms with van der Waals surface area (Å²) >= 11 is 3.78. The number of hydrogen-bond donors (Lipinski definition) is 2. The van der Waals surface area contributed by atoms with E-state index in [1.54, 1.807) is 0 Å². The van der Waals surface area contributed by atoms with Crippen LogP contribution in [0.4, 0.5) is 5.69 Å². The molecule has 3 heterocycles. The van der Waals surface area contributed by atoms with E-state index in [1.165, 1.54) is 94.8 Å². The molecule has 3 aromatic heterocycles. The number of fused-ring (bicyclic) bond motifs is 15. The maximum Gasteiger partial charge on any atom is 0.0866 e. The first-order chi connectivity index (χ1) is 25.3. The zero-order valence-electron chi connectivity index (χ0n) is 27.6. The molecule has 1 atom stereocenters. The topological polar surface area (TPSA) is 43.0 Å². The molecule has 8 aromatic carbocycles. The molecule has 11 rings (SSSR count). The molecule has 0 spiro atoms. The monoisotopic (exact) mass is 689 g/mol. The van der Waals surface area contributed by atoms with Gasteiger partial charge in [0.05, 0.1) is 28.4 Å². The number of anilines is 1. The van der Waals surface area contributed by atoms with E-state index in [2.05, 4.69) is 162 Å². The number of nitrogens with zero attached hydrogens (tertiary/aromatic N) is 1. The van der Waals surface area contributed by atoms with Gasteiger partial charge < -0.3 is 15.6 Å². The van der Waals surface area contributed by atoms with Gasteiger partial charge in [-0.3, -0.25) is 0 Å². The smallest absolute Gasteiger partial charge is 0.0866 e. The average Bonchev–Trinajstić information content (AvgIpc) is 3.86. The Morgan fingerprint density at radius 3 is 1.98 bits per heavy atom. The van der Waals surface area contributed by atoms with Crippen LogP contribution in [0.5, 0.6) is 0 Å². The molecule has 5 heteroatoms. The van der Waals surface area contributed by atoms with Crippen molar-refractivity contribution in [3.8, 4) is 0 Å². The minimum absolute atomic E-state index is 0.163. The summed E-state index contributed by atoms with van der Waals surface area (Å²) in [5, 5.41) is 16.4. The summed E-state index contributed by atoms with van der Waals surface area (Å²) < 4.78 is 7.93. The molecule has 3 nitrogen and oxygen atoms in total. The van der Waals surface area contributed by atoms with Gasteiger partial charge in [0.25, 0.3) is 0 Å². The van der Waals surface area contributed by atoms with Gasteiger partial charge in [-0.1, -0.05) is 121 Å². The predicted molar refractivity (Wildman–Crippen MR) is 223 cm³/mol. The van der Waals surface area contributed by atoms with E-state index in [9.17, 15) is 0 Å². The molecule has 0 aliphatic rings. The second-order valence-electron chi connectivity index (χ2n) is 13.3. The Morgan fingerprint density at radius 2 is 1.16 bits per heavy atom. The lowest BCUT2D eigenvalue weighted by molar-refractivity contribution is 0.733. The summed E-state index contributed by atoms with van der Waals surface area (Å²) in [4.78, 5) is 0. The first-order valence-corrected chi connectivity index (χ1v) is 19.0. The maximum atomic E-state index is 6.23. The van der Waals surface area contributed by atoms with E-state index in [-0.39, 0.29) is 6.04 Å². The van der Waals surface area contributed by atoms with Crippen molar-refractivity contribution in [2.45, 2.75) is 6.04 Å². The number of para-hydroxylation sites is 1. The van der Waals surface area contributed by atoms with Crippen molar-refractivity contribution >= 4 is 112 Å². The molecular weight excluding hydrogens is 659 g/mol. The fourth-order valence-corrected chi connectivity index (χ4v) is 11.0. The minimum Gasteiger partial charge on any atom is -0.372 e. The number of benzene rings is 8. The molecule has 0 aliphatic heterocycles. The van der Waals surface area contributed by atoms with Crippen molar-refractivity contribution in [2.24, 2.45) is 5.73 Å². The van der Waals surface area contributed by atoms with Crippen molar-refractivity contribution in [1.82, 2.24) is 4.57 Å². The third-order valence-corrected chi connectivity index (χ3v) is 13.0. The van der Waals surface area contributed by atoms with Crippen LogP contribution in [-0.4, -0.2) is 11.2 Å². The van der Waals surface area contributed by atoms with Crippen LogP contribution in [0.25, 0.3) is 83.7 Å². The van der Waals surface area contributed by atoms with Crippen LogP contribution in [-0.2, 0) is 0 Å². The summed E-state index contributed by atoms with van der Waals surface area (Å²) in [6, 6.07) is 55.9. The Balaban J connectivity index is 1.41. The number of nitrogens with two attached hydrogens (primary N) is 1. The molecule has 3 N–H and O–H groups in total. The van der Waals surface area contributed by atoms with Crippen molar-refractivity contribution in [1.29, 1.82) is 0 Å². The van der Waals surface area contributed by atoms with Crippen molar-refractivity contribution in [2.75, 3.05) is 12.0 Å². The van der Waals surface area contributed by atoms with Gasteiger partial charge in [-0.25, -0.2) is 0 Å². The molecule has 0 saturated carbocycles. The average molecular weight is 690 g/mol. The molecule has 0 aliphatic carbocycles. The lowest BCUT2D eigenvalue weighted by Gasteiger charge is -2.26. The summed E-state index contributed by atoms with van der Waals surface area (Å²) in [5.41, 5.74) is 12.2. The van der Waals surface area contributed by atoms with E-state index in [0.29, 0.717) is 6.67 Å². The SMILES string of the molecule is NCNc1ccccc1C(c1ccc2sc3ccccc3c2c1)n1c2c3ccccc3ccc2c2c3ccccc3c3c4ccccc4sc3c21. The third kappa shape index (κ3) is 4.14. The Kier molecular flexibility index (Phi) is 6.35. The second kappa shape index (κ2) is 11.1.